The van der Waals surface area contributed by atoms with Crippen LogP contribution in [0.3, 0.4) is 0 Å². The van der Waals surface area contributed by atoms with Gasteiger partial charge in [-0.1, -0.05) is 19.3 Å². The maximum atomic E-state index is 12.4. The first-order chi connectivity index (χ1) is 8.32. The highest BCUT2D eigenvalue weighted by molar-refractivity contribution is 5.87. The Labute approximate surface area is 102 Å². The largest absolute Gasteiger partial charge is 0.480 e. The normalized spacial score (nSPS) is 29.2. The van der Waals surface area contributed by atoms with E-state index in [1.165, 1.54) is 0 Å². The van der Waals surface area contributed by atoms with E-state index >= 15 is 0 Å². The molecule has 2 aliphatic rings. The van der Waals surface area contributed by atoms with Gasteiger partial charge in [0.15, 0.2) is 0 Å². The number of carbonyl (C=O) groups is 2. The lowest BCUT2D eigenvalue weighted by molar-refractivity contribution is -0.188. The highest BCUT2D eigenvalue weighted by Crippen LogP contribution is 2.42. The predicted octanol–water partition coefficient (Wildman–Crippen LogP) is 1.65. The standard InChI is InChI=1S/C11H14F3NO3/c12-11(13,14)10(18)15-5-4-7(6-2-1-3-6)8(15)9(16)17/h6-8H,1-5H2,(H,16,17). The number of hydrogen-bond acceptors (Lipinski definition) is 2. The molecule has 2 rings (SSSR count). The summed E-state index contributed by atoms with van der Waals surface area (Å²) in [5.74, 6) is -3.54. The van der Waals surface area contributed by atoms with Crippen molar-refractivity contribution >= 4 is 11.9 Å². The Morgan fingerprint density at radius 1 is 1.17 bits per heavy atom. The van der Waals surface area contributed by atoms with Crippen molar-refractivity contribution in [2.24, 2.45) is 11.8 Å². The molecule has 0 radical (unpaired) electrons. The van der Waals surface area contributed by atoms with Gasteiger partial charge in [0, 0.05) is 6.54 Å². The minimum atomic E-state index is -5.00. The molecule has 1 aliphatic heterocycles. The lowest BCUT2D eigenvalue weighted by Gasteiger charge is -2.35. The lowest BCUT2D eigenvalue weighted by atomic mass is 9.73. The van der Waals surface area contributed by atoms with E-state index in [1.54, 1.807) is 0 Å². The Hall–Kier alpha value is -1.27. The third-order valence-electron chi connectivity index (χ3n) is 3.96. The summed E-state index contributed by atoms with van der Waals surface area (Å²) in [5.41, 5.74) is 0. The molecule has 1 saturated heterocycles. The summed E-state index contributed by atoms with van der Waals surface area (Å²) in [6.45, 7) is -0.115. The molecule has 0 aromatic rings. The van der Waals surface area contributed by atoms with Gasteiger partial charge < -0.3 is 10.0 Å². The average Bonchev–Trinajstić information content (AvgIpc) is 2.56. The first-order valence-corrected chi connectivity index (χ1v) is 5.93. The first kappa shape index (κ1) is 13.2. The summed E-state index contributed by atoms with van der Waals surface area (Å²) < 4.78 is 37.1. The smallest absolute Gasteiger partial charge is 0.471 e. The molecule has 0 spiro atoms. The quantitative estimate of drug-likeness (QED) is 0.826. The Morgan fingerprint density at radius 3 is 2.17 bits per heavy atom. The molecule has 0 bridgehead atoms. The number of aliphatic carboxylic acids is 1. The van der Waals surface area contributed by atoms with Gasteiger partial charge in [0.25, 0.3) is 0 Å². The van der Waals surface area contributed by atoms with Crippen LogP contribution in [-0.4, -0.2) is 40.6 Å². The fraction of sp³-hybridized carbons (Fsp3) is 0.818. The Kier molecular flexibility index (Phi) is 3.25. The molecule has 2 unspecified atom stereocenters. The van der Waals surface area contributed by atoms with Gasteiger partial charge in [-0.2, -0.15) is 13.2 Å². The molecule has 102 valence electrons. The predicted molar refractivity (Wildman–Crippen MR) is 54.6 cm³/mol. The van der Waals surface area contributed by atoms with Crippen molar-refractivity contribution in [2.75, 3.05) is 6.54 Å². The Balaban J connectivity index is 2.16. The highest BCUT2D eigenvalue weighted by Gasteiger charge is 2.52. The number of carboxylic acids is 1. The summed E-state index contributed by atoms with van der Waals surface area (Å²) in [5, 5.41) is 9.08. The lowest BCUT2D eigenvalue weighted by Crippen LogP contribution is -2.50. The van der Waals surface area contributed by atoms with Crippen molar-refractivity contribution in [3.63, 3.8) is 0 Å². The summed E-state index contributed by atoms with van der Waals surface area (Å²) >= 11 is 0. The number of halogens is 3. The number of rotatable bonds is 2. The van der Waals surface area contributed by atoms with Crippen molar-refractivity contribution < 1.29 is 27.9 Å². The van der Waals surface area contributed by atoms with E-state index in [1.807, 2.05) is 0 Å². The Bertz CT molecular complexity index is 365. The number of nitrogens with zero attached hydrogens (tertiary/aromatic N) is 1. The number of amides is 1. The van der Waals surface area contributed by atoms with Gasteiger partial charge in [0.05, 0.1) is 0 Å². The van der Waals surface area contributed by atoms with Crippen LogP contribution >= 0.6 is 0 Å². The van der Waals surface area contributed by atoms with Gasteiger partial charge in [-0.15, -0.1) is 0 Å². The van der Waals surface area contributed by atoms with Crippen molar-refractivity contribution in [3.8, 4) is 0 Å². The fourth-order valence-corrected chi connectivity index (χ4v) is 2.88. The van der Waals surface area contributed by atoms with E-state index in [0.29, 0.717) is 11.3 Å². The second-order valence-electron chi connectivity index (χ2n) is 4.92. The highest BCUT2D eigenvalue weighted by atomic mass is 19.4. The zero-order valence-electron chi connectivity index (χ0n) is 9.61. The van der Waals surface area contributed by atoms with Crippen LogP contribution < -0.4 is 0 Å². The summed E-state index contributed by atoms with van der Waals surface area (Å²) in [6.07, 6.45) is -1.96. The first-order valence-electron chi connectivity index (χ1n) is 5.93. The number of alkyl halides is 3. The van der Waals surface area contributed by atoms with Crippen LogP contribution in [0.1, 0.15) is 25.7 Å². The van der Waals surface area contributed by atoms with Crippen molar-refractivity contribution in [1.29, 1.82) is 0 Å². The van der Waals surface area contributed by atoms with E-state index in [4.69, 9.17) is 5.11 Å². The van der Waals surface area contributed by atoms with Crippen LogP contribution in [0, 0.1) is 11.8 Å². The second-order valence-corrected chi connectivity index (χ2v) is 4.92. The SMILES string of the molecule is O=C(O)C1C(C2CCC2)CCN1C(=O)C(F)(F)F. The Morgan fingerprint density at radius 2 is 1.78 bits per heavy atom. The van der Waals surface area contributed by atoms with Crippen LogP contribution in [0.25, 0.3) is 0 Å². The van der Waals surface area contributed by atoms with Crippen LogP contribution in [0.15, 0.2) is 0 Å². The third kappa shape index (κ3) is 2.18. The van der Waals surface area contributed by atoms with Crippen LogP contribution in [-0.2, 0) is 9.59 Å². The topological polar surface area (TPSA) is 57.6 Å². The van der Waals surface area contributed by atoms with Gasteiger partial charge in [-0.05, 0) is 18.3 Å². The number of carbonyl (C=O) groups excluding carboxylic acids is 1. The third-order valence-corrected chi connectivity index (χ3v) is 3.96. The average molecular weight is 265 g/mol. The van der Waals surface area contributed by atoms with E-state index in [2.05, 4.69) is 0 Å². The monoisotopic (exact) mass is 265 g/mol. The molecule has 2 fully saturated rings. The van der Waals surface area contributed by atoms with Crippen LogP contribution in [0.4, 0.5) is 13.2 Å². The molecule has 1 amide bonds. The van der Waals surface area contributed by atoms with Crippen molar-refractivity contribution in [1.82, 2.24) is 4.90 Å². The number of hydrogen-bond donors (Lipinski definition) is 1. The molecule has 1 heterocycles. The van der Waals surface area contributed by atoms with E-state index in [9.17, 15) is 22.8 Å². The molecule has 1 aliphatic carbocycles. The maximum absolute atomic E-state index is 12.4. The summed E-state index contributed by atoms with van der Waals surface area (Å²) in [4.78, 5) is 22.8. The molecular weight excluding hydrogens is 251 g/mol. The molecule has 1 N–H and O–H groups in total. The van der Waals surface area contributed by atoms with Gasteiger partial charge >= 0.3 is 18.1 Å². The van der Waals surface area contributed by atoms with Gasteiger partial charge in [0.1, 0.15) is 6.04 Å². The van der Waals surface area contributed by atoms with E-state index < -0.39 is 24.1 Å². The van der Waals surface area contributed by atoms with Gasteiger partial charge in [-0.25, -0.2) is 4.79 Å². The van der Waals surface area contributed by atoms with Gasteiger partial charge in [-0.3, -0.25) is 4.79 Å². The second kappa shape index (κ2) is 4.44. The summed E-state index contributed by atoms with van der Waals surface area (Å²) in [6, 6.07) is -1.32. The maximum Gasteiger partial charge on any atom is 0.471 e. The number of carboxylic acid groups (broad SMARTS) is 1. The molecule has 1 saturated carbocycles. The van der Waals surface area contributed by atoms with Gasteiger partial charge in [0.2, 0.25) is 0 Å². The van der Waals surface area contributed by atoms with Crippen molar-refractivity contribution in [2.45, 2.75) is 37.9 Å². The van der Waals surface area contributed by atoms with E-state index in [0.717, 1.165) is 19.3 Å². The molecule has 7 heteroatoms. The van der Waals surface area contributed by atoms with E-state index in [-0.39, 0.29) is 18.4 Å². The zero-order valence-corrected chi connectivity index (χ0v) is 9.61. The molecule has 4 nitrogen and oxygen atoms in total. The molecule has 18 heavy (non-hydrogen) atoms. The number of likely N-dealkylation sites (tertiary alicyclic amines) is 1. The summed E-state index contributed by atoms with van der Waals surface area (Å²) in [7, 11) is 0. The minimum absolute atomic E-state index is 0.115. The molecule has 2 atom stereocenters. The molecule has 0 aromatic carbocycles. The molecular formula is C11H14F3NO3. The van der Waals surface area contributed by atoms with Crippen LogP contribution in [0.5, 0.6) is 0 Å². The fourth-order valence-electron chi connectivity index (χ4n) is 2.88. The van der Waals surface area contributed by atoms with Crippen molar-refractivity contribution in [3.05, 3.63) is 0 Å². The minimum Gasteiger partial charge on any atom is -0.480 e. The van der Waals surface area contributed by atoms with Crippen LogP contribution in [0.2, 0.25) is 0 Å². The molecule has 0 aromatic heterocycles. The zero-order chi connectivity index (χ0) is 13.5.